The molecule has 0 aliphatic carbocycles. The first-order chi connectivity index (χ1) is 58.1. The highest BCUT2D eigenvalue weighted by molar-refractivity contribution is 6.34. The lowest BCUT2D eigenvalue weighted by Crippen LogP contribution is -2.25. The van der Waals surface area contributed by atoms with E-state index in [9.17, 15) is 28.4 Å². The van der Waals surface area contributed by atoms with E-state index in [0.29, 0.717) is 64.0 Å². The SMILES string of the molecule is C=CC(=O)N(C)CC#CCn1cc(-c2[nH]ncc2-c2ccccc2Cl)cc1C(=O)NCc1ccccc1.C=Cc1nccn1-c1cccc(Cn2cc(-c3[nH]ncc3-c3ccccc3Cl)cc2C(=O)NCc2ccccc2)c1.O=C(NCC#CCn1cc(-c2[nH]ncc2-c2ccccc2Cl)cc1C(=O)NCc1ccccc1)c1cccnc1F. The van der Waals surface area contributed by atoms with Gasteiger partial charge in [0.2, 0.25) is 11.9 Å². The summed E-state index contributed by atoms with van der Waals surface area (Å²) in [6, 6.07) is 68.3. The van der Waals surface area contributed by atoms with Crippen molar-refractivity contribution in [2.75, 3.05) is 20.1 Å². The van der Waals surface area contributed by atoms with E-state index in [2.05, 4.69) is 105 Å². The van der Waals surface area contributed by atoms with Crippen molar-refractivity contribution in [3.05, 3.63) is 365 Å². The molecule has 0 radical (unpaired) electrons. The number of hydrogen-bond acceptors (Lipinski definition) is 10. The van der Waals surface area contributed by atoms with Crippen molar-refractivity contribution in [3.8, 4) is 96.5 Å². The Hall–Kier alpha value is -14.9. The molecular weight excluding hydrogens is 1560 g/mol. The number of benzene rings is 7. The third kappa shape index (κ3) is 20.8. The number of likely N-dealkylation sites (N-methyl/N-ethyl adjacent to an activating group) is 1. The average Bonchev–Trinajstić information content (AvgIpc) is 1.66. The van der Waals surface area contributed by atoms with Gasteiger partial charge in [-0.1, -0.05) is 229 Å². The Labute approximate surface area is 700 Å². The van der Waals surface area contributed by atoms with E-state index in [-0.39, 0.29) is 55.4 Å². The molecule has 0 aliphatic rings. The number of aromatic nitrogens is 12. The summed E-state index contributed by atoms with van der Waals surface area (Å²) in [6.07, 6.45) is 18.7. The fourth-order valence-electron chi connectivity index (χ4n) is 12.9. The second-order valence-electron chi connectivity index (χ2n) is 26.8. The van der Waals surface area contributed by atoms with E-state index in [0.717, 1.165) is 95.2 Å². The fraction of sp³-hybridized carbons (Fsp3) is 0.0968. The van der Waals surface area contributed by atoms with Gasteiger partial charge in [0.25, 0.3) is 23.6 Å². The molecule has 0 spiro atoms. The summed E-state index contributed by atoms with van der Waals surface area (Å²) in [6.45, 7) is 9.69. The van der Waals surface area contributed by atoms with Gasteiger partial charge in [-0.2, -0.15) is 19.7 Å². The van der Waals surface area contributed by atoms with Gasteiger partial charge in [0.1, 0.15) is 22.9 Å². The van der Waals surface area contributed by atoms with E-state index in [1.165, 1.54) is 29.3 Å². The minimum Gasteiger partial charge on any atom is -0.347 e. The van der Waals surface area contributed by atoms with Crippen LogP contribution in [0.5, 0.6) is 0 Å². The molecule has 0 fully saturated rings. The number of H-pyrrole nitrogens is 3. The number of imidazole rings is 1. The molecule has 7 aromatic carbocycles. The van der Waals surface area contributed by atoms with Crippen LogP contribution in [0.15, 0.2) is 293 Å². The number of aromatic amines is 3. The highest BCUT2D eigenvalue weighted by Gasteiger charge is 2.24. The molecular formula is C93H77Cl3FN17O5. The normalized spacial score (nSPS) is 10.6. The van der Waals surface area contributed by atoms with Crippen molar-refractivity contribution >= 4 is 70.4 Å². The van der Waals surface area contributed by atoms with Crippen LogP contribution in [-0.4, -0.2) is 113 Å². The Kier molecular flexibility index (Phi) is 27.5. The zero-order valence-electron chi connectivity index (χ0n) is 64.2. The number of rotatable bonds is 25. The summed E-state index contributed by atoms with van der Waals surface area (Å²) in [5.74, 6) is 10.3. The number of hydrogen-bond donors (Lipinski definition) is 7. The molecule has 22 nitrogen and oxygen atoms in total. The van der Waals surface area contributed by atoms with Gasteiger partial charge in [-0.15, -0.1) is 0 Å². The maximum Gasteiger partial charge on any atom is 0.268 e. The number of carbonyl (C=O) groups excluding carboxylic acids is 5. The molecule has 7 N–H and O–H groups in total. The van der Waals surface area contributed by atoms with Crippen molar-refractivity contribution in [2.45, 2.75) is 39.3 Å². The molecule has 119 heavy (non-hydrogen) atoms. The topological polar surface area (TPSA) is 268 Å². The van der Waals surface area contributed by atoms with Gasteiger partial charge in [-0.3, -0.25) is 39.3 Å². The van der Waals surface area contributed by atoms with E-state index in [1.54, 1.807) is 59.2 Å². The minimum absolute atomic E-state index is 0.00592. The highest BCUT2D eigenvalue weighted by atomic mass is 35.5. The first kappa shape index (κ1) is 82.1. The third-order valence-corrected chi connectivity index (χ3v) is 19.9. The molecule has 8 aromatic heterocycles. The maximum absolute atomic E-state index is 13.7. The molecule has 0 aliphatic heterocycles. The lowest BCUT2D eigenvalue weighted by atomic mass is 10.0. The van der Waals surface area contributed by atoms with Crippen LogP contribution in [0.4, 0.5) is 4.39 Å². The Balaban J connectivity index is 0.000000155. The van der Waals surface area contributed by atoms with E-state index >= 15 is 0 Å². The number of nitrogens with zero attached hydrogens (tertiary/aromatic N) is 10. The monoisotopic (exact) mass is 1640 g/mol. The summed E-state index contributed by atoms with van der Waals surface area (Å²) in [5.41, 5.74) is 15.8. The number of amides is 5. The number of pyridine rings is 1. The first-order valence-corrected chi connectivity index (χ1v) is 38.6. The predicted octanol–water partition coefficient (Wildman–Crippen LogP) is 16.9. The summed E-state index contributed by atoms with van der Waals surface area (Å²) in [5, 5.41) is 35.3. The molecule has 0 atom stereocenters. The lowest BCUT2D eigenvalue weighted by Gasteiger charge is -2.12. The first-order valence-electron chi connectivity index (χ1n) is 37.4. The van der Waals surface area contributed by atoms with Crippen LogP contribution < -0.4 is 21.3 Å². The third-order valence-electron chi connectivity index (χ3n) is 18.9. The zero-order valence-corrected chi connectivity index (χ0v) is 66.5. The molecule has 8 heterocycles. The van der Waals surface area contributed by atoms with Gasteiger partial charge >= 0.3 is 0 Å². The van der Waals surface area contributed by atoms with Gasteiger partial charge in [0.05, 0.1) is 67.4 Å². The molecule has 15 rings (SSSR count). The molecule has 0 saturated heterocycles. The molecule has 0 unspecified atom stereocenters. The summed E-state index contributed by atoms with van der Waals surface area (Å²) >= 11 is 19.4. The molecule has 0 saturated carbocycles. The number of nitrogens with one attached hydrogen (secondary N) is 7. The summed E-state index contributed by atoms with van der Waals surface area (Å²) in [4.78, 5) is 73.2. The lowest BCUT2D eigenvalue weighted by molar-refractivity contribution is -0.124. The molecule has 0 bridgehead atoms. The van der Waals surface area contributed by atoms with Crippen molar-refractivity contribution < 1.29 is 28.4 Å². The molecule has 15 aromatic rings. The van der Waals surface area contributed by atoms with Gasteiger partial charge in [-0.25, -0.2) is 9.97 Å². The van der Waals surface area contributed by atoms with E-state index in [1.807, 2.05) is 222 Å². The average molecular weight is 1640 g/mol. The second-order valence-corrected chi connectivity index (χ2v) is 28.0. The quantitative estimate of drug-likeness (QED) is 0.0162. The van der Waals surface area contributed by atoms with Gasteiger partial charge < -0.3 is 44.4 Å². The standard InChI is InChI=1S/C33H27ClN6O.C31H24ClFN6O2.C29H26ClN5O2/c1-2-31-35-15-16-40(31)26-12-8-11-24(17-26)21-39-22-25(18-30(39)33(41)36-19-23-9-4-3-5-10-23)32-28(20-37-38-32)27-13-6-7-14-29(27)34;32-26-13-5-4-11-23(26)25-19-37-38-28(25)22-17-27(31(41)36-18-21-9-2-1-3-10-21)39(20-22)16-7-6-14-35-30(40)24-12-8-15-34-29(24)33;1-3-27(36)34(2)15-9-10-16-35-20-22(17-26(35)29(37)31-18-21-11-5-4-6-12-21)28-24(19-32-33-28)23-13-7-8-14-25(23)30/h2-18,20,22H,1,19,21H2,(H,36,41)(H,37,38);1-5,8-13,15,17,19-20H,14,16,18H2,(H,35,40)(H,36,41)(H,37,38);3-8,11-14,17,19-20H,1,15-16,18H2,2H3,(H,31,37)(H,32,33). The smallest absolute Gasteiger partial charge is 0.268 e. The molecule has 26 heteroatoms. The second kappa shape index (κ2) is 39.9. The van der Waals surface area contributed by atoms with Crippen LogP contribution in [0.2, 0.25) is 15.1 Å². The van der Waals surface area contributed by atoms with Gasteiger partial charge in [0.15, 0.2) is 0 Å². The molecule has 5 amide bonds. The Morgan fingerprint density at radius 3 is 1.34 bits per heavy atom. The Bertz CT molecular complexity index is 6250. The van der Waals surface area contributed by atoms with E-state index in [4.69, 9.17) is 34.8 Å². The molecule has 592 valence electrons. The summed E-state index contributed by atoms with van der Waals surface area (Å²) < 4.78 is 21.2. The largest absolute Gasteiger partial charge is 0.347 e. The zero-order chi connectivity index (χ0) is 83.0. The van der Waals surface area contributed by atoms with Crippen LogP contribution in [0, 0.1) is 29.6 Å². The van der Waals surface area contributed by atoms with Crippen LogP contribution >= 0.6 is 34.8 Å². The predicted molar refractivity (Wildman–Crippen MR) is 463 cm³/mol. The van der Waals surface area contributed by atoms with Crippen molar-refractivity contribution in [1.29, 1.82) is 0 Å². The Morgan fingerprint density at radius 2 is 0.891 bits per heavy atom. The number of halogens is 4. The van der Waals surface area contributed by atoms with Crippen LogP contribution in [-0.2, 0) is 44.1 Å². The van der Waals surface area contributed by atoms with Crippen LogP contribution in [0.25, 0.3) is 78.9 Å². The minimum atomic E-state index is -0.848. The van der Waals surface area contributed by atoms with Gasteiger partial charge in [0, 0.05) is 141 Å². The Morgan fingerprint density at radius 1 is 0.462 bits per heavy atom. The van der Waals surface area contributed by atoms with Crippen LogP contribution in [0.3, 0.4) is 0 Å². The van der Waals surface area contributed by atoms with Gasteiger partial charge in [-0.05, 0) is 95.1 Å². The highest BCUT2D eigenvalue weighted by Crippen LogP contribution is 2.39. The number of carbonyl (C=O) groups is 5. The fourth-order valence-corrected chi connectivity index (χ4v) is 13.6. The van der Waals surface area contributed by atoms with Crippen molar-refractivity contribution in [1.82, 2.24) is 85.0 Å². The summed E-state index contributed by atoms with van der Waals surface area (Å²) in [7, 11) is 1.66. The van der Waals surface area contributed by atoms with E-state index < -0.39 is 11.9 Å². The van der Waals surface area contributed by atoms with Crippen molar-refractivity contribution in [3.63, 3.8) is 0 Å². The van der Waals surface area contributed by atoms with Crippen LogP contribution in [0.1, 0.15) is 69.9 Å². The van der Waals surface area contributed by atoms with Crippen molar-refractivity contribution in [2.24, 2.45) is 0 Å². The maximum atomic E-state index is 13.7.